The summed E-state index contributed by atoms with van der Waals surface area (Å²) in [5, 5.41) is 0. The fraction of sp³-hybridized carbons (Fsp3) is 0.231. The predicted molar refractivity (Wildman–Crippen MR) is 62.8 cm³/mol. The molecule has 2 nitrogen and oxygen atoms in total. The Morgan fingerprint density at radius 1 is 1.44 bits per heavy atom. The van der Waals surface area contributed by atoms with Gasteiger partial charge in [0.1, 0.15) is 5.82 Å². The van der Waals surface area contributed by atoms with Crippen LogP contribution in [-0.4, -0.2) is 11.1 Å². The molecule has 0 amide bonds. The van der Waals surface area contributed by atoms with Gasteiger partial charge in [-0.15, -0.1) is 0 Å². The van der Waals surface area contributed by atoms with E-state index in [0.29, 0.717) is 6.54 Å². The lowest BCUT2D eigenvalue weighted by Crippen LogP contribution is -2.40. The third-order valence-electron chi connectivity index (χ3n) is 2.71. The van der Waals surface area contributed by atoms with Crippen molar-refractivity contribution in [1.82, 2.24) is 4.90 Å². The lowest BCUT2D eigenvalue weighted by molar-refractivity contribution is 0.301. The van der Waals surface area contributed by atoms with Crippen molar-refractivity contribution in [2.75, 3.05) is 0 Å². The smallest absolute Gasteiger partial charge is 0.123 e. The van der Waals surface area contributed by atoms with Crippen LogP contribution in [-0.2, 0) is 6.54 Å². The Labute approximate surface area is 94.9 Å². The first-order valence-corrected chi connectivity index (χ1v) is 5.27. The molecule has 1 atom stereocenters. The lowest BCUT2D eigenvalue weighted by atomic mass is 10.1. The Morgan fingerprint density at radius 3 is 3.00 bits per heavy atom. The van der Waals surface area contributed by atoms with E-state index in [0.717, 1.165) is 11.1 Å². The third-order valence-corrected chi connectivity index (χ3v) is 2.71. The first kappa shape index (κ1) is 10.9. The maximum atomic E-state index is 13.0. The first-order chi connectivity index (χ1) is 7.66. The summed E-state index contributed by atoms with van der Waals surface area (Å²) in [5.41, 5.74) is 8.06. The fourth-order valence-corrected chi connectivity index (χ4v) is 1.76. The number of nitrogens with two attached hydrogens (primary N) is 1. The van der Waals surface area contributed by atoms with E-state index in [4.69, 9.17) is 5.73 Å². The Kier molecular flexibility index (Phi) is 3.06. The van der Waals surface area contributed by atoms with E-state index < -0.39 is 0 Å². The van der Waals surface area contributed by atoms with Crippen molar-refractivity contribution >= 4 is 0 Å². The van der Waals surface area contributed by atoms with Crippen LogP contribution in [0.25, 0.3) is 0 Å². The molecular weight excluding hydrogens is 203 g/mol. The summed E-state index contributed by atoms with van der Waals surface area (Å²) in [5.74, 6) is -0.209. The highest BCUT2D eigenvalue weighted by atomic mass is 19.1. The van der Waals surface area contributed by atoms with Gasteiger partial charge in [-0.25, -0.2) is 4.39 Å². The summed E-state index contributed by atoms with van der Waals surface area (Å²) in [6.45, 7) is 2.62. The quantitative estimate of drug-likeness (QED) is 0.825. The molecule has 0 saturated carbocycles. The molecular formula is C13H15FN2. The number of halogens is 1. The molecule has 1 aliphatic rings. The Morgan fingerprint density at radius 2 is 2.25 bits per heavy atom. The van der Waals surface area contributed by atoms with Crippen LogP contribution in [0.1, 0.15) is 12.5 Å². The van der Waals surface area contributed by atoms with Crippen LogP contribution in [0.4, 0.5) is 4.39 Å². The van der Waals surface area contributed by atoms with Gasteiger partial charge in [0.15, 0.2) is 0 Å². The summed E-state index contributed by atoms with van der Waals surface area (Å²) in [6, 6.07) is 6.60. The van der Waals surface area contributed by atoms with Gasteiger partial charge >= 0.3 is 0 Å². The summed E-state index contributed by atoms with van der Waals surface area (Å²) >= 11 is 0. The second-order valence-corrected chi connectivity index (χ2v) is 4.00. The van der Waals surface area contributed by atoms with Crippen molar-refractivity contribution in [2.24, 2.45) is 5.73 Å². The topological polar surface area (TPSA) is 29.3 Å². The van der Waals surface area contributed by atoms with E-state index in [1.165, 1.54) is 12.1 Å². The van der Waals surface area contributed by atoms with Crippen molar-refractivity contribution in [2.45, 2.75) is 19.6 Å². The molecule has 0 radical (unpaired) electrons. The average molecular weight is 218 g/mol. The van der Waals surface area contributed by atoms with Crippen molar-refractivity contribution in [1.29, 1.82) is 0 Å². The zero-order valence-corrected chi connectivity index (χ0v) is 9.23. The van der Waals surface area contributed by atoms with E-state index in [1.807, 2.05) is 36.2 Å². The van der Waals surface area contributed by atoms with Crippen molar-refractivity contribution in [3.8, 4) is 0 Å². The van der Waals surface area contributed by atoms with E-state index in [-0.39, 0.29) is 12.0 Å². The largest absolute Gasteiger partial charge is 0.354 e. The summed E-state index contributed by atoms with van der Waals surface area (Å²) in [7, 11) is 0. The highest BCUT2D eigenvalue weighted by Gasteiger charge is 2.14. The van der Waals surface area contributed by atoms with E-state index in [9.17, 15) is 4.39 Å². The van der Waals surface area contributed by atoms with Crippen LogP contribution in [0.5, 0.6) is 0 Å². The molecule has 1 aromatic carbocycles. The molecule has 0 aromatic heterocycles. The molecule has 0 bridgehead atoms. The first-order valence-electron chi connectivity index (χ1n) is 5.27. The summed E-state index contributed by atoms with van der Waals surface area (Å²) < 4.78 is 13.0. The van der Waals surface area contributed by atoms with Crippen LogP contribution in [0.2, 0.25) is 0 Å². The molecule has 1 heterocycles. The van der Waals surface area contributed by atoms with E-state index in [1.54, 1.807) is 6.07 Å². The average Bonchev–Trinajstić information content (AvgIpc) is 2.25. The predicted octanol–water partition coefficient (Wildman–Crippen LogP) is 2.39. The highest BCUT2D eigenvalue weighted by Crippen LogP contribution is 2.15. The monoisotopic (exact) mass is 218 g/mol. The van der Waals surface area contributed by atoms with Gasteiger partial charge < -0.3 is 10.6 Å². The number of rotatable bonds is 2. The molecule has 0 aliphatic carbocycles. The van der Waals surface area contributed by atoms with E-state index in [2.05, 4.69) is 0 Å². The summed E-state index contributed by atoms with van der Waals surface area (Å²) in [6.07, 6.45) is 5.76. The van der Waals surface area contributed by atoms with Gasteiger partial charge in [0.2, 0.25) is 0 Å². The zero-order chi connectivity index (χ0) is 11.5. The van der Waals surface area contributed by atoms with Gasteiger partial charge in [-0.1, -0.05) is 18.2 Å². The maximum absolute atomic E-state index is 13.0. The molecule has 0 saturated heterocycles. The van der Waals surface area contributed by atoms with Crippen molar-refractivity contribution in [3.63, 3.8) is 0 Å². The van der Waals surface area contributed by atoms with Gasteiger partial charge in [-0.05, 0) is 36.3 Å². The second kappa shape index (κ2) is 4.49. The third kappa shape index (κ3) is 2.31. The molecule has 84 valence electrons. The molecule has 1 aromatic rings. The van der Waals surface area contributed by atoms with Crippen LogP contribution in [0.15, 0.2) is 48.2 Å². The number of allylic oxidation sites excluding steroid dienone is 2. The number of nitrogens with zero attached hydrogens (tertiary/aromatic N) is 1. The molecule has 1 unspecified atom stereocenters. The van der Waals surface area contributed by atoms with E-state index >= 15 is 0 Å². The van der Waals surface area contributed by atoms with Gasteiger partial charge in [0.25, 0.3) is 0 Å². The molecule has 3 heteroatoms. The molecule has 2 N–H and O–H groups in total. The van der Waals surface area contributed by atoms with Gasteiger partial charge in [-0.3, -0.25) is 0 Å². The summed E-state index contributed by atoms with van der Waals surface area (Å²) in [4.78, 5) is 1.99. The van der Waals surface area contributed by atoms with Crippen LogP contribution < -0.4 is 5.73 Å². The number of hydrogen-bond acceptors (Lipinski definition) is 2. The minimum Gasteiger partial charge on any atom is -0.354 e. The van der Waals surface area contributed by atoms with Gasteiger partial charge in [-0.2, -0.15) is 0 Å². The minimum absolute atomic E-state index is 0.117. The standard InChI is InChI=1S/C13H15FN2/c1-10-4-3-7-16(13(10)15)9-11-5-2-6-12(14)8-11/h2-8,13H,9,15H2,1H3. The highest BCUT2D eigenvalue weighted by molar-refractivity contribution is 5.23. The molecule has 1 aliphatic heterocycles. The number of hydrogen-bond donors (Lipinski definition) is 1. The van der Waals surface area contributed by atoms with Gasteiger partial charge in [0, 0.05) is 12.7 Å². The second-order valence-electron chi connectivity index (χ2n) is 4.00. The molecule has 0 spiro atoms. The maximum Gasteiger partial charge on any atom is 0.123 e. The normalized spacial score (nSPS) is 19.8. The lowest BCUT2D eigenvalue weighted by Gasteiger charge is -2.30. The molecule has 2 rings (SSSR count). The SMILES string of the molecule is CC1=CC=CN(Cc2cccc(F)c2)C1N. The minimum atomic E-state index is -0.209. The zero-order valence-electron chi connectivity index (χ0n) is 9.23. The Bertz CT molecular complexity index is 437. The van der Waals surface area contributed by atoms with Crippen LogP contribution in [0.3, 0.4) is 0 Å². The van der Waals surface area contributed by atoms with Crippen LogP contribution in [0, 0.1) is 5.82 Å². The molecule has 0 fully saturated rings. The Balaban J connectivity index is 2.11. The van der Waals surface area contributed by atoms with Crippen molar-refractivity contribution < 1.29 is 4.39 Å². The molecule has 16 heavy (non-hydrogen) atoms. The van der Waals surface area contributed by atoms with Crippen molar-refractivity contribution in [3.05, 3.63) is 59.6 Å². The van der Waals surface area contributed by atoms with Gasteiger partial charge in [0.05, 0.1) is 6.17 Å². The Hall–Kier alpha value is -1.61. The van der Waals surface area contributed by atoms with Crippen LogP contribution >= 0.6 is 0 Å². The number of benzene rings is 1. The fourth-order valence-electron chi connectivity index (χ4n) is 1.76.